The largest absolute Gasteiger partial charge is 0.406 e. The van der Waals surface area contributed by atoms with Gasteiger partial charge in [0.15, 0.2) is 5.69 Å². The van der Waals surface area contributed by atoms with Crippen molar-refractivity contribution in [1.82, 2.24) is 14.7 Å². The highest BCUT2D eigenvalue weighted by Gasteiger charge is 2.35. The van der Waals surface area contributed by atoms with Gasteiger partial charge in [-0.2, -0.15) is 18.3 Å². The van der Waals surface area contributed by atoms with Gasteiger partial charge in [0.25, 0.3) is 5.91 Å². The molecular weight excluding hydrogens is 331 g/mol. The number of carbonyl (C=O) groups excluding carboxylic acids is 1. The Morgan fingerprint density at radius 1 is 1.28 bits per heavy atom. The van der Waals surface area contributed by atoms with E-state index in [9.17, 15) is 18.0 Å². The summed E-state index contributed by atoms with van der Waals surface area (Å²) in [5.74, 6) is -0.704. The summed E-state index contributed by atoms with van der Waals surface area (Å²) in [4.78, 5) is 13.5. The Morgan fingerprint density at radius 2 is 2.00 bits per heavy atom. The number of hydrogen-bond donors (Lipinski definition) is 0. The first-order valence-corrected chi connectivity index (χ1v) is 8.04. The van der Waals surface area contributed by atoms with Gasteiger partial charge in [-0.1, -0.05) is 24.3 Å². The number of carbonyl (C=O) groups is 1. The van der Waals surface area contributed by atoms with Crippen LogP contribution in [0.4, 0.5) is 13.2 Å². The zero-order chi connectivity index (χ0) is 18.0. The smallest absolute Gasteiger partial charge is 0.324 e. The van der Waals surface area contributed by atoms with E-state index in [2.05, 4.69) is 11.7 Å². The second-order valence-corrected chi connectivity index (χ2v) is 5.96. The van der Waals surface area contributed by atoms with E-state index in [0.717, 1.165) is 34.7 Å². The van der Waals surface area contributed by atoms with Gasteiger partial charge in [0.1, 0.15) is 6.54 Å². The van der Waals surface area contributed by atoms with Gasteiger partial charge in [0.05, 0.1) is 5.69 Å². The average molecular weight is 349 g/mol. The molecule has 1 aliphatic rings. The predicted octanol–water partition coefficient (Wildman–Crippen LogP) is 3.55. The number of nitrogens with zero attached hydrogens (tertiary/aromatic N) is 3. The maximum Gasteiger partial charge on any atom is 0.406 e. The molecule has 1 aromatic carbocycles. The fraction of sp³-hybridized carbons (Fsp3) is 0.333. The monoisotopic (exact) mass is 349 g/mol. The number of hydrogen-bond acceptors (Lipinski definition) is 2. The zero-order valence-corrected chi connectivity index (χ0v) is 13.6. The number of amides is 1. The van der Waals surface area contributed by atoms with Crippen LogP contribution in [0.15, 0.2) is 43.0 Å². The molecule has 132 valence electrons. The normalized spacial score (nSPS) is 13.6. The summed E-state index contributed by atoms with van der Waals surface area (Å²) in [6.07, 6.45) is -0.911. The third kappa shape index (κ3) is 3.60. The number of aromatic nitrogens is 2. The van der Waals surface area contributed by atoms with Gasteiger partial charge < -0.3 is 4.90 Å². The summed E-state index contributed by atoms with van der Waals surface area (Å²) in [6, 6.07) is 9.30. The van der Waals surface area contributed by atoms with Crippen molar-refractivity contribution in [3.63, 3.8) is 0 Å². The van der Waals surface area contributed by atoms with E-state index in [0.29, 0.717) is 6.42 Å². The van der Waals surface area contributed by atoms with E-state index in [1.807, 2.05) is 30.3 Å². The molecule has 7 heteroatoms. The minimum atomic E-state index is -4.47. The average Bonchev–Trinajstić information content (AvgIpc) is 3.15. The van der Waals surface area contributed by atoms with Crippen molar-refractivity contribution >= 4 is 5.91 Å². The van der Waals surface area contributed by atoms with E-state index in [4.69, 9.17) is 0 Å². The Hall–Kier alpha value is -2.57. The van der Waals surface area contributed by atoms with E-state index < -0.39 is 18.6 Å². The van der Waals surface area contributed by atoms with Crippen molar-refractivity contribution < 1.29 is 18.0 Å². The predicted molar refractivity (Wildman–Crippen MR) is 87.7 cm³/mol. The summed E-state index contributed by atoms with van der Waals surface area (Å²) in [7, 11) is 0. The van der Waals surface area contributed by atoms with Gasteiger partial charge in [-0.15, -0.1) is 6.58 Å². The molecule has 0 saturated heterocycles. The Morgan fingerprint density at radius 3 is 2.64 bits per heavy atom. The first-order chi connectivity index (χ1) is 11.9. The second-order valence-electron chi connectivity index (χ2n) is 5.96. The first-order valence-electron chi connectivity index (χ1n) is 8.04. The van der Waals surface area contributed by atoms with Crippen LogP contribution in [0.1, 0.15) is 28.2 Å². The number of alkyl halides is 3. The minimum absolute atomic E-state index is 0.113. The highest BCUT2D eigenvalue weighted by atomic mass is 19.4. The quantitative estimate of drug-likeness (QED) is 0.774. The summed E-state index contributed by atoms with van der Waals surface area (Å²) in [5, 5.41) is 4.36. The Kier molecular flexibility index (Phi) is 4.65. The van der Waals surface area contributed by atoms with Crippen molar-refractivity contribution in [1.29, 1.82) is 0 Å². The van der Waals surface area contributed by atoms with Crippen LogP contribution >= 0.6 is 0 Å². The Labute approximate surface area is 143 Å². The van der Waals surface area contributed by atoms with Crippen LogP contribution in [0.3, 0.4) is 0 Å². The Bertz CT molecular complexity index is 781. The van der Waals surface area contributed by atoms with Crippen LogP contribution in [-0.4, -0.2) is 39.9 Å². The topological polar surface area (TPSA) is 38.1 Å². The van der Waals surface area contributed by atoms with Gasteiger partial charge in [0, 0.05) is 17.8 Å². The third-order valence-electron chi connectivity index (χ3n) is 4.14. The van der Waals surface area contributed by atoms with Gasteiger partial charge in [-0.3, -0.25) is 4.79 Å². The van der Waals surface area contributed by atoms with Crippen molar-refractivity contribution in [2.24, 2.45) is 0 Å². The molecule has 0 spiro atoms. The van der Waals surface area contributed by atoms with E-state index in [1.54, 1.807) is 4.68 Å². The molecule has 1 heterocycles. The molecule has 1 amide bonds. The van der Waals surface area contributed by atoms with Gasteiger partial charge in [0.2, 0.25) is 0 Å². The molecule has 0 N–H and O–H groups in total. The zero-order valence-electron chi connectivity index (χ0n) is 13.6. The number of halogens is 3. The molecule has 0 atom stereocenters. The second kappa shape index (κ2) is 6.74. The molecule has 3 rings (SSSR count). The molecule has 0 aliphatic heterocycles. The molecule has 2 aromatic rings. The lowest BCUT2D eigenvalue weighted by Crippen LogP contribution is -2.39. The lowest BCUT2D eigenvalue weighted by atomic mass is 10.2. The maximum atomic E-state index is 12.8. The number of rotatable bonds is 5. The lowest BCUT2D eigenvalue weighted by Gasteiger charge is -2.22. The van der Waals surface area contributed by atoms with Crippen LogP contribution in [0, 0.1) is 0 Å². The number of para-hydroxylation sites is 1. The highest BCUT2D eigenvalue weighted by Crippen LogP contribution is 2.29. The van der Waals surface area contributed by atoms with E-state index in [-0.39, 0.29) is 12.2 Å². The van der Waals surface area contributed by atoms with Gasteiger partial charge in [-0.05, 0) is 31.4 Å². The molecule has 0 saturated carbocycles. The van der Waals surface area contributed by atoms with E-state index in [1.165, 1.54) is 6.08 Å². The van der Waals surface area contributed by atoms with E-state index >= 15 is 0 Å². The molecule has 25 heavy (non-hydrogen) atoms. The Balaban J connectivity index is 1.99. The van der Waals surface area contributed by atoms with Crippen LogP contribution < -0.4 is 0 Å². The van der Waals surface area contributed by atoms with Gasteiger partial charge >= 0.3 is 6.18 Å². The molecule has 1 aliphatic carbocycles. The lowest BCUT2D eigenvalue weighted by molar-refractivity contribution is -0.139. The molecule has 4 nitrogen and oxygen atoms in total. The number of benzene rings is 1. The van der Waals surface area contributed by atoms with Crippen molar-refractivity contribution in [3.05, 3.63) is 59.9 Å². The summed E-state index contributed by atoms with van der Waals surface area (Å²) in [6.45, 7) is 1.96. The van der Waals surface area contributed by atoms with Crippen LogP contribution in [0.2, 0.25) is 0 Å². The molecule has 0 bridgehead atoms. The maximum absolute atomic E-state index is 12.8. The first kappa shape index (κ1) is 17.3. The van der Waals surface area contributed by atoms with Crippen LogP contribution in [0.25, 0.3) is 5.69 Å². The van der Waals surface area contributed by atoms with Gasteiger partial charge in [-0.25, -0.2) is 4.68 Å². The fourth-order valence-corrected chi connectivity index (χ4v) is 3.13. The standard InChI is InChI=1S/C18H18F3N3O/c1-2-11-23(12-18(19,20)21)17(25)16-14-9-6-10-15(14)24(22-16)13-7-4-3-5-8-13/h2-5,7-8H,1,6,9-12H2. The molecule has 0 unspecified atom stereocenters. The van der Waals surface area contributed by atoms with Crippen LogP contribution in [0.5, 0.6) is 0 Å². The number of fused-ring (bicyclic) bond motifs is 1. The molecule has 1 aromatic heterocycles. The highest BCUT2D eigenvalue weighted by molar-refractivity contribution is 5.94. The minimum Gasteiger partial charge on any atom is -0.324 e. The van der Waals surface area contributed by atoms with Crippen molar-refractivity contribution in [2.75, 3.05) is 13.1 Å². The SMILES string of the molecule is C=CCN(CC(F)(F)F)C(=O)c1nn(-c2ccccc2)c2c1CCC2. The summed E-state index contributed by atoms with van der Waals surface area (Å²) in [5.41, 5.74) is 2.57. The van der Waals surface area contributed by atoms with Crippen LogP contribution in [-0.2, 0) is 12.8 Å². The van der Waals surface area contributed by atoms with Crippen molar-refractivity contribution in [3.8, 4) is 5.69 Å². The molecule has 0 fully saturated rings. The molecule has 0 radical (unpaired) electrons. The third-order valence-corrected chi connectivity index (χ3v) is 4.14. The fourth-order valence-electron chi connectivity index (χ4n) is 3.13. The summed E-state index contributed by atoms with van der Waals surface area (Å²) < 4.78 is 40.1. The van der Waals surface area contributed by atoms with Crippen molar-refractivity contribution in [2.45, 2.75) is 25.4 Å². The summed E-state index contributed by atoms with van der Waals surface area (Å²) >= 11 is 0. The molecular formula is C18H18F3N3O.